The monoisotopic (exact) mass is 335 g/mol. The molecule has 1 amide bonds. The van der Waals surface area contributed by atoms with Gasteiger partial charge < -0.3 is 14.4 Å². The molecule has 0 bridgehead atoms. The van der Waals surface area contributed by atoms with Crippen molar-refractivity contribution >= 4 is 17.7 Å². The van der Waals surface area contributed by atoms with E-state index in [4.69, 9.17) is 4.42 Å². The average molecular weight is 335 g/mol. The Balaban J connectivity index is 1.99. The summed E-state index contributed by atoms with van der Waals surface area (Å²) in [5.41, 5.74) is 0.722. The molecule has 0 atom stereocenters. The van der Waals surface area contributed by atoms with Crippen LogP contribution in [-0.4, -0.2) is 43.9 Å². The smallest absolute Gasteiger partial charge is 0.277 e. The van der Waals surface area contributed by atoms with Crippen LogP contribution in [0.5, 0.6) is 5.75 Å². The van der Waals surface area contributed by atoms with Crippen molar-refractivity contribution in [2.24, 2.45) is 0 Å². The van der Waals surface area contributed by atoms with E-state index in [1.807, 2.05) is 32.6 Å². The summed E-state index contributed by atoms with van der Waals surface area (Å²) in [5, 5.41) is 17.6. The molecule has 0 aliphatic carbocycles. The molecular weight excluding hydrogens is 314 g/mol. The van der Waals surface area contributed by atoms with Crippen LogP contribution in [0.2, 0.25) is 0 Å². The van der Waals surface area contributed by atoms with Crippen molar-refractivity contribution in [2.45, 2.75) is 45.0 Å². The van der Waals surface area contributed by atoms with Crippen LogP contribution in [0.25, 0.3) is 11.5 Å². The van der Waals surface area contributed by atoms with Crippen molar-refractivity contribution < 1.29 is 14.3 Å². The van der Waals surface area contributed by atoms with E-state index >= 15 is 0 Å². The lowest BCUT2D eigenvalue weighted by Gasteiger charge is -2.30. The Labute approximate surface area is 139 Å². The van der Waals surface area contributed by atoms with E-state index in [9.17, 15) is 9.90 Å². The first-order valence-corrected chi connectivity index (χ1v) is 8.44. The molecule has 2 aromatic rings. The van der Waals surface area contributed by atoms with Gasteiger partial charge in [-0.3, -0.25) is 4.79 Å². The number of nitrogens with zero attached hydrogens (tertiary/aromatic N) is 3. The summed E-state index contributed by atoms with van der Waals surface area (Å²) in [7, 11) is 0. The van der Waals surface area contributed by atoms with E-state index in [0.29, 0.717) is 11.1 Å². The Morgan fingerprint density at radius 1 is 1.17 bits per heavy atom. The van der Waals surface area contributed by atoms with Gasteiger partial charge in [0.25, 0.3) is 5.22 Å². The predicted octanol–water partition coefficient (Wildman–Crippen LogP) is 3.18. The van der Waals surface area contributed by atoms with Crippen molar-refractivity contribution in [3.8, 4) is 17.2 Å². The van der Waals surface area contributed by atoms with Crippen molar-refractivity contribution in [1.29, 1.82) is 0 Å². The molecule has 0 fully saturated rings. The summed E-state index contributed by atoms with van der Waals surface area (Å²) in [6, 6.07) is 6.80. The number of thioether (sulfide) groups is 1. The third kappa shape index (κ3) is 4.48. The summed E-state index contributed by atoms with van der Waals surface area (Å²) in [4.78, 5) is 14.1. The number of aromatic hydroxyl groups is 1. The largest absolute Gasteiger partial charge is 0.508 e. The summed E-state index contributed by atoms with van der Waals surface area (Å²) in [5.74, 6) is 0.845. The fraction of sp³-hybridized carbons (Fsp3) is 0.438. The zero-order chi connectivity index (χ0) is 17.0. The summed E-state index contributed by atoms with van der Waals surface area (Å²) < 4.78 is 5.55. The Bertz CT molecular complexity index is 645. The molecule has 23 heavy (non-hydrogen) atoms. The van der Waals surface area contributed by atoms with E-state index in [1.54, 1.807) is 24.3 Å². The minimum Gasteiger partial charge on any atom is -0.508 e. The lowest BCUT2D eigenvalue weighted by molar-refractivity contribution is -0.131. The minimum atomic E-state index is 0.0457. The van der Waals surface area contributed by atoms with Gasteiger partial charge in [0, 0.05) is 17.6 Å². The highest BCUT2D eigenvalue weighted by Crippen LogP contribution is 2.25. The van der Waals surface area contributed by atoms with Gasteiger partial charge in [0.2, 0.25) is 11.8 Å². The van der Waals surface area contributed by atoms with Gasteiger partial charge >= 0.3 is 0 Å². The SMILES string of the molecule is CC(C)N(C(=O)CSc1nnc(-c2ccc(O)cc2)o1)C(C)C. The predicted molar refractivity (Wildman–Crippen MR) is 89.2 cm³/mol. The molecule has 0 aliphatic rings. The molecule has 1 aromatic heterocycles. The number of amides is 1. The number of carbonyl (C=O) groups excluding carboxylic acids is 1. The maximum atomic E-state index is 12.3. The Morgan fingerprint density at radius 3 is 2.35 bits per heavy atom. The van der Waals surface area contributed by atoms with Crippen molar-refractivity contribution in [3.63, 3.8) is 0 Å². The molecule has 0 saturated carbocycles. The highest BCUT2D eigenvalue weighted by molar-refractivity contribution is 7.99. The Morgan fingerprint density at radius 2 is 1.78 bits per heavy atom. The van der Waals surface area contributed by atoms with Crippen LogP contribution in [0.1, 0.15) is 27.7 Å². The molecule has 1 aromatic carbocycles. The quantitative estimate of drug-likeness (QED) is 0.817. The fourth-order valence-corrected chi connectivity index (χ4v) is 2.99. The molecule has 1 N–H and O–H groups in total. The third-order valence-corrected chi connectivity index (χ3v) is 4.04. The molecule has 1 heterocycles. The zero-order valence-electron chi connectivity index (χ0n) is 13.7. The second-order valence-electron chi connectivity index (χ2n) is 5.70. The molecule has 2 rings (SSSR count). The number of hydrogen-bond acceptors (Lipinski definition) is 6. The Hall–Kier alpha value is -2.02. The second kappa shape index (κ2) is 7.50. The van der Waals surface area contributed by atoms with Crippen LogP contribution < -0.4 is 0 Å². The maximum Gasteiger partial charge on any atom is 0.277 e. The zero-order valence-corrected chi connectivity index (χ0v) is 14.5. The summed E-state index contributed by atoms with van der Waals surface area (Å²) in [6.45, 7) is 7.99. The lowest BCUT2D eigenvalue weighted by atomic mass is 10.2. The first kappa shape index (κ1) is 17.3. The number of phenolic OH excluding ortho intramolecular Hbond substituents is 1. The molecule has 0 spiro atoms. The molecule has 0 radical (unpaired) electrons. The standard InChI is InChI=1S/C16H21N3O3S/c1-10(2)19(11(3)4)14(21)9-23-16-18-17-15(22-16)12-5-7-13(20)8-6-12/h5-8,10-11,20H,9H2,1-4H3. The highest BCUT2D eigenvalue weighted by Gasteiger charge is 2.21. The number of phenols is 1. The number of benzene rings is 1. The van der Waals surface area contributed by atoms with Gasteiger partial charge in [-0.25, -0.2) is 0 Å². The molecule has 6 nitrogen and oxygen atoms in total. The van der Waals surface area contributed by atoms with Gasteiger partial charge in [-0.2, -0.15) is 0 Å². The van der Waals surface area contributed by atoms with E-state index in [-0.39, 0.29) is 29.5 Å². The first-order valence-electron chi connectivity index (χ1n) is 7.45. The van der Waals surface area contributed by atoms with Crippen molar-refractivity contribution in [2.75, 3.05) is 5.75 Å². The molecular formula is C16H21N3O3S. The first-order chi connectivity index (χ1) is 10.9. The van der Waals surface area contributed by atoms with Crippen LogP contribution >= 0.6 is 11.8 Å². The van der Waals surface area contributed by atoms with Gasteiger partial charge in [0.05, 0.1) is 5.75 Å². The van der Waals surface area contributed by atoms with Gasteiger partial charge in [0.1, 0.15) is 5.75 Å². The average Bonchev–Trinajstić information content (AvgIpc) is 2.94. The number of carbonyl (C=O) groups is 1. The molecule has 124 valence electrons. The molecule has 0 aliphatic heterocycles. The van der Waals surface area contributed by atoms with Gasteiger partial charge in [-0.1, -0.05) is 11.8 Å². The van der Waals surface area contributed by atoms with Gasteiger partial charge in [0.15, 0.2) is 0 Å². The van der Waals surface area contributed by atoms with Crippen LogP contribution in [0.15, 0.2) is 33.9 Å². The van der Waals surface area contributed by atoms with E-state index < -0.39 is 0 Å². The maximum absolute atomic E-state index is 12.3. The van der Waals surface area contributed by atoms with Crippen LogP contribution in [0.3, 0.4) is 0 Å². The summed E-state index contributed by atoms with van der Waals surface area (Å²) >= 11 is 1.23. The third-order valence-electron chi connectivity index (χ3n) is 3.24. The van der Waals surface area contributed by atoms with Gasteiger partial charge in [-0.15, -0.1) is 10.2 Å². The highest BCUT2D eigenvalue weighted by atomic mass is 32.2. The number of aromatic nitrogens is 2. The summed E-state index contributed by atoms with van der Waals surface area (Å²) in [6.07, 6.45) is 0. The van der Waals surface area contributed by atoms with E-state index in [2.05, 4.69) is 10.2 Å². The van der Waals surface area contributed by atoms with Crippen LogP contribution in [0, 0.1) is 0 Å². The normalized spacial score (nSPS) is 11.2. The second-order valence-corrected chi connectivity index (χ2v) is 6.62. The molecule has 0 saturated heterocycles. The van der Waals surface area contributed by atoms with E-state index in [0.717, 1.165) is 5.56 Å². The molecule has 7 heteroatoms. The van der Waals surface area contributed by atoms with Crippen LogP contribution in [-0.2, 0) is 4.79 Å². The van der Waals surface area contributed by atoms with Crippen molar-refractivity contribution in [1.82, 2.24) is 15.1 Å². The van der Waals surface area contributed by atoms with Gasteiger partial charge in [-0.05, 0) is 52.0 Å². The topological polar surface area (TPSA) is 79.5 Å². The minimum absolute atomic E-state index is 0.0457. The fourth-order valence-electron chi connectivity index (χ4n) is 2.36. The van der Waals surface area contributed by atoms with E-state index in [1.165, 1.54) is 11.8 Å². The van der Waals surface area contributed by atoms with Crippen LogP contribution in [0.4, 0.5) is 0 Å². The number of hydrogen-bond donors (Lipinski definition) is 1. The van der Waals surface area contributed by atoms with Crippen molar-refractivity contribution in [3.05, 3.63) is 24.3 Å². The Kier molecular flexibility index (Phi) is 5.65. The molecule has 0 unspecified atom stereocenters. The number of rotatable bonds is 6. The lowest BCUT2D eigenvalue weighted by Crippen LogP contribution is -2.43.